The van der Waals surface area contributed by atoms with Crippen molar-refractivity contribution in [3.8, 4) is 6.07 Å². The predicted octanol–water partition coefficient (Wildman–Crippen LogP) is 3.41. The van der Waals surface area contributed by atoms with Crippen LogP contribution < -0.4 is 4.90 Å². The Kier molecular flexibility index (Phi) is 4.20. The molecule has 0 saturated heterocycles. The lowest BCUT2D eigenvalue weighted by Crippen LogP contribution is -2.08. The van der Waals surface area contributed by atoms with Crippen molar-refractivity contribution < 1.29 is 0 Å². The van der Waals surface area contributed by atoms with E-state index in [1.807, 2.05) is 38.4 Å². The SMILES string of the molecule is CN(C)c1ccc(CCc2ccc(C#N)cc2)cc1. The van der Waals surface area contributed by atoms with E-state index in [4.69, 9.17) is 5.26 Å². The summed E-state index contributed by atoms with van der Waals surface area (Å²) < 4.78 is 0. The molecular formula is C17H18N2. The number of aryl methyl sites for hydroxylation is 2. The van der Waals surface area contributed by atoms with E-state index in [0.717, 1.165) is 18.4 Å². The predicted molar refractivity (Wildman–Crippen MR) is 79.3 cm³/mol. The highest BCUT2D eigenvalue weighted by Gasteiger charge is 1.98. The summed E-state index contributed by atoms with van der Waals surface area (Å²) >= 11 is 0. The van der Waals surface area contributed by atoms with Gasteiger partial charge in [0, 0.05) is 19.8 Å². The Morgan fingerprint density at radius 2 is 1.32 bits per heavy atom. The van der Waals surface area contributed by atoms with E-state index in [-0.39, 0.29) is 0 Å². The molecule has 0 aromatic heterocycles. The molecule has 0 aliphatic rings. The molecule has 0 spiro atoms. The van der Waals surface area contributed by atoms with E-state index >= 15 is 0 Å². The average Bonchev–Trinajstić information content (AvgIpc) is 2.46. The molecule has 2 aromatic carbocycles. The minimum Gasteiger partial charge on any atom is -0.378 e. The minimum atomic E-state index is 0.721. The van der Waals surface area contributed by atoms with Gasteiger partial charge in [-0.25, -0.2) is 0 Å². The summed E-state index contributed by atoms with van der Waals surface area (Å²) in [5.41, 5.74) is 4.56. The van der Waals surface area contributed by atoms with Gasteiger partial charge in [-0.05, 0) is 48.2 Å². The molecule has 0 radical (unpaired) electrons. The van der Waals surface area contributed by atoms with Gasteiger partial charge in [0.25, 0.3) is 0 Å². The van der Waals surface area contributed by atoms with Crippen LogP contribution in [0.25, 0.3) is 0 Å². The van der Waals surface area contributed by atoms with E-state index < -0.39 is 0 Å². The molecular weight excluding hydrogens is 232 g/mol. The summed E-state index contributed by atoms with van der Waals surface area (Å²) in [6.07, 6.45) is 2.03. The van der Waals surface area contributed by atoms with Crippen molar-refractivity contribution in [3.05, 3.63) is 65.2 Å². The standard InChI is InChI=1S/C17H18N2/c1-19(2)17-11-9-15(10-12-17)4-3-14-5-7-16(13-18)8-6-14/h5-12H,3-4H2,1-2H3. The zero-order valence-electron chi connectivity index (χ0n) is 11.4. The van der Waals surface area contributed by atoms with Crippen LogP contribution in [0.15, 0.2) is 48.5 Å². The molecule has 0 heterocycles. The highest BCUT2D eigenvalue weighted by Crippen LogP contribution is 2.14. The number of anilines is 1. The van der Waals surface area contributed by atoms with E-state index in [9.17, 15) is 0 Å². The second kappa shape index (κ2) is 6.06. The topological polar surface area (TPSA) is 27.0 Å². The first kappa shape index (κ1) is 13.2. The number of rotatable bonds is 4. The van der Waals surface area contributed by atoms with E-state index in [2.05, 4.69) is 35.2 Å². The number of nitrogens with zero attached hydrogens (tertiary/aromatic N) is 2. The van der Waals surface area contributed by atoms with Crippen molar-refractivity contribution in [1.82, 2.24) is 0 Å². The van der Waals surface area contributed by atoms with Crippen molar-refractivity contribution in [2.75, 3.05) is 19.0 Å². The van der Waals surface area contributed by atoms with Crippen LogP contribution >= 0.6 is 0 Å². The highest BCUT2D eigenvalue weighted by atomic mass is 15.1. The molecule has 0 aliphatic carbocycles. The number of hydrogen-bond donors (Lipinski definition) is 0. The quantitative estimate of drug-likeness (QED) is 0.831. The van der Waals surface area contributed by atoms with Gasteiger partial charge >= 0.3 is 0 Å². The Hall–Kier alpha value is -2.27. The average molecular weight is 250 g/mol. The van der Waals surface area contributed by atoms with Gasteiger partial charge in [-0.15, -0.1) is 0 Å². The Labute approximate surface area is 114 Å². The Bertz CT molecular complexity index is 560. The van der Waals surface area contributed by atoms with Gasteiger partial charge in [-0.3, -0.25) is 0 Å². The molecule has 0 N–H and O–H groups in total. The van der Waals surface area contributed by atoms with Gasteiger partial charge in [0.2, 0.25) is 0 Å². The summed E-state index contributed by atoms with van der Waals surface area (Å²) in [7, 11) is 4.09. The van der Waals surface area contributed by atoms with E-state index in [1.54, 1.807) is 0 Å². The molecule has 96 valence electrons. The van der Waals surface area contributed by atoms with Crippen molar-refractivity contribution in [1.29, 1.82) is 5.26 Å². The minimum absolute atomic E-state index is 0.721. The second-order valence-electron chi connectivity index (χ2n) is 4.87. The first-order valence-electron chi connectivity index (χ1n) is 6.44. The van der Waals surface area contributed by atoms with E-state index in [0.29, 0.717) is 0 Å². The molecule has 0 bridgehead atoms. The molecule has 0 aliphatic heterocycles. The summed E-state index contributed by atoms with van der Waals surface area (Å²) in [6, 6.07) is 18.6. The molecule has 19 heavy (non-hydrogen) atoms. The maximum atomic E-state index is 8.75. The summed E-state index contributed by atoms with van der Waals surface area (Å²) in [6.45, 7) is 0. The van der Waals surface area contributed by atoms with Gasteiger partial charge in [0.05, 0.1) is 11.6 Å². The normalized spacial score (nSPS) is 9.95. The molecule has 2 rings (SSSR count). The molecule has 0 atom stereocenters. The van der Waals surface area contributed by atoms with Crippen LogP contribution in [-0.2, 0) is 12.8 Å². The van der Waals surface area contributed by atoms with Gasteiger partial charge < -0.3 is 4.90 Å². The van der Waals surface area contributed by atoms with Crippen molar-refractivity contribution >= 4 is 5.69 Å². The summed E-state index contributed by atoms with van der Waals surface area (Å²) in [5, 5.41) is 8.75. The molecule has 0 unspecified atom stereocenters. The first-order valence-corrected chi connectivity index (χ1v) is 6.44. The lowest BCUT2D eigenvalue weighted by Gasteiger charge is -2.12. The molecule has 2 nitrogen and oxygen atoms in total. The largest absolute Gasteiger partial charge is 0.378 e. The Morgan fingerprint density at radius 3 is 1.74 bits per heavy atom. The van der Waals surface area contributed by atoms with Crippen molar-refractivity contribution in [2.45, 2.75) is 12.8 Å². The number of benzene rings is 2. The van der Waals surface area contributed by atoms with Crippen molar-refractivity contribution in [2.24, 2.45) is 0 Å². The van der Waals surface area contributed by atoms with Crippen LogP contribution in [0.4, 0.5) is 5.69 Å². The lowest BCUT2D eigenvalue weighted by atomic mass is 10.0. The van der Waals surface area contributed by atoms with Gasteiger partial charge in [0.15, 0.2) is 0 Å². The van der Waals surface area contributed by atoms with Crippen LogP contribution in [0.3, 0.4) is 0 Å². The summed E-state index contributed by atoms with van der Waals surface area (Å²) in [5.74, 6) is 0. The fraction of sp³-hybridized carbons (Fsp3) is 0.235. The highest BCUT2D eigenvalue weighted by molar-refractivity contribution is 5.46. The fourth-order valence-corrected chi connectivity index (χ4v) is 2.00. The van der Waals surface area contributed by atoms with Crippen LogP contribution in [-0.4, -0.2) is 14.1 Å². The molecule has 0 fully saturated rings. The van der Waals surface area contributed by atoms with Crippen LogP contribution in [0, 0.1) is 11.3 Å². The van der Waals surface area contributed by atoms with Gasteiger partial charge in [-0.1, -0.05) is 24.3 Å². The summed E-state index contributed by atoms with van der Waals surface area (Å²) in [4.78, 5) is 2.10. The molecule has 2 heteroatoms. The third kappa shape index (κ3) is 3.59. The lowest BCUT2D eigenvalue weighted by molar-refractivity contribution is 0.958. The fourth-order valence-electron chi connectivity index (χ4n) is 2.00. The maximum absolute atomic E-state index is 8.75. The van der Waals surface area contributed by atoms with Crippen molar-refractivity contribution in [3.63, 3.8) is 0 Å². The zero-order valence-corrected chi connectivity index (χ0v) is 11.4. The van der Waals surface area contributed by atoms with Gasteiger partial charge in [0.1, 0.15) is 0 Å². The molecule has 0 amide bonds. The number of nitriles is 1. The zero-order chi connectivity index (χ0) is 13.7. The number of hydrogen-bond acceptors (Lipinski definition) is 2. The maximum Gasteiger partial charge on any atom is 0.0991 e. The van der Waals surface area contributed by atoms with Crippen LogP contribution in [0.2, 0.25) is 0 Å². The van der Waals surface area contributed by atoms with Crippen LogP contribution in [0.1, 0.15) is 16.7 Å². The monoisotopic (exact) mass is 250 g/mol. The van der Waals surface area contributed by atoms with E-state index in [1.165, 1.54) is 16.8 Å². The Morgan fingerprint density at radius 1 is 0.842 bits per heavy atom. The Balaban J connectivity index is 1.96. The molecule has 0 saturated carbocycles. The second-order valence-corrected chi connectivity index (χ2v) is 4.87. The third-order valence-corrected chi connectivity index (χ3v) is 3.24. The smallest absolute Gasteiger partial charge is 0.0991 e. The van der Waals surface area contributed by atoms with Gasteiger partial charge in [-0.2, -0.15) is 5.26 Å². The van der Waals surface area contributed by atoms with Crippen LogP contribution in [0.5, 0.6) is 0 Å². The first-order chi connectivity index (χ1) is 9.19. The molecule has 2 aromatic rings. The third-order valence-electron chi connectivity index (χ3n) is 3.24.